The molecule has 0 saturated heterocycles. The first-order valence-corrected chi connectivity index (χ1v) is 10.5. The van der Waals surface area contributed by atoms with Crippen LogP contribution in [0.5, 0.6) is 0 Å². The molecule has 0 fully saturated rings. The van der Waals surface area contributed by atoms with Gasteiger partial charge in [-0.1, -0.05) is 54.6 Å². The summed E-state index contributed by atoms with van der Waals surface area (Å²) in [7, 11) is 1.92. The molecule has 5 heteroatoms. The monoisotopic (exact) mass is 417 g/mol. The van der Waals surface area contributed by atoms with Gasteiger partial charge in [-0.05, 0) is 48.7 Å². The molecule has 158 valence electrons. The number of anilines is 1. The molecule has 0 aliphatic carbocycles. The molecule has 3 nitrogen and oxygen atoms in total. The second-order valence-electron chi connectivity index (χ2n) is 6.62. The van der Waals surface area contributed by atoms with E-state index in [0.717, 1.165) is 16.7 Å². The van der Waals surface area contributed by atoms with Crippen molar-refractivity contribution < 1.29 is 13.7 Å². The lowest BCUT2D eigenvalue weighted by molar-refractivity contribution is 0.0711. The fraction of sp³-hybridized carbons (Fsp3) is 0.333. The number of ether oxygens (including phenoxy) is 1. The summed E-state index contributed by atoms with van der Waals surface area (Å²) in [6.07, 6.45) is 5.82. The van der Waals surface area contributed by atoms with Gasteiger partial charge in [-0.15, -0.1) is 0 Å². The number of halogens is 1. The molecule has 0 aromatic heterocycles. The van der Waals surface area contributed by atoms with Gasteiger partial charge in [0, 0.05) is 43.2 Å². The summed E-state index contributed by atoms with van der Waals surface area (Å²) in [5.74, 6) is 0.0999. The van der Waals surface area contributed by atoms with Gasteiger partial charge in [0.2, 0.25) is 0 Å². The molecule has 0 radical (unpaired) electrons. The van der Waals surface area contributed by atoms with Crippen LogP contribution in [0.15, 0.2) is 55.1 Å². The molecule has 0 heterocycles. The van der Waals surface area contributed by atoms with Crippen molar-refractivity contribution in [2.75, 3.05) is 31.3 Å². The fourth-order valence-electron chi connectivity index (χ4n) is 2.53. The van der Waals surface area contributed by atoms with Crippen LogP contribution >= 0.6 is 12.1 Å². The number of hydrogen-bond acceptors (Lipinski definition) is 4. The zero-order valence-corrected chi connectivity index (χ0v) is 18.3. The number of nitrogens with one attached hydrogen (secondary N) is 1. The van der Waals surface area contributed by atoms with Crippen LogP contribution in [0.3, 0.4) is 0 Å². The molecule has 0 bridgehead atoms. The molecule has 0 saturated carbocycles. The van der Waals surface area contributed by atoms with Crippen LogP contribution < -0.4 is 5.32 Å². The van der Waals surface area contributed by atoms with Gasteiger partial charge in [0.25, 0.3) is 0 Å². The summed E-state index contributed by atoms with van der Waals surface area (Å²) < 4.78 is 17.7. The molecule has 2 aromatic rings. The zero-order valence-electron chi connectivity index (χ0n) is 17.5. The number of benzene rings is 2. The minimum absolute atomic E-state index is 0.0594. The molecule has 2 aromatic carbocycles. The lowest BCUT2D eigenvalue weighted by Gasteiger charge is -2.12. The van der Waals surface area contributed by atoms with Crippen molar-refractivity contribution in [1.29, 1.82) is 0 Å². The standard InChI is InChI=1S/C16H21FO2S.C8H11N/c1-3-5-16-8-13(6-7-15(16)4-2)10-19-11-14(9-18)12-20-17;1-7-3-5-8(9-2)6-4-7/h3-8,14,18H,2,9-12H2,1H3;3-6,9H,1-2H3/b5-3-;. The quantitative estimate of drug-likeness (QED) is 0.487. The van der Waals surface area contributed by atoms with Crippen LogP contribution in [0.1, 0.15) is 29.2 Å². The van der Waals surface area contributed by atoms with E-state index in [1.165, 1.54) is 11.3 Å². The van der Waals surface area contributed by atoms with Gasteiger partial charge in [-0.25, -0.2) is 0 Å². The Bertz CT molecular complexity index is 747. The van der Waals surface area contributed by atoms with E-state index in [1.807, 2.05) is 44.3 Å². The summed E-state index contributed by atoms with van der Waals surface area (Å²) in [5.41, 5.74) is 5.69. The zero-order chi connectivity index (χ0) is 21.5. The highest BCUT2D eigenvalue weighted by molar-refractivity contribution is 7.94. The third-order valence-corrected chi connectivity index (χ3v) is 4.83. The van der Waals surface area contributed by atoms with E-state index in [4.69, 9.17) is 9.84 Å². The second kappa shape index (κ2) is 14.9. The molecule has 29 heavy (non-hydrogen) atoms. The highest BCUT2D eigenvalue weighted by Crippen LogP contribution is 2.17. The Morgan fingerprint density at radius 2 is 1.93 bits per heavy atom. The van der Waals surface area contributed by atoms with Gasteiger partial charge in [-0.2, -0.15) is 3.89 Å². The van der Waals surface area contributed by atoms with E-state index < -0.39 is 0 Å². The van der Waals surface area contributed by atoms with E-state index in [9.17, 15) is 3.89 Å². The molecule has 2 N–H and O–H groups in total. The Kier molecular flexibility index (Phi) is 12.8. The van der Waals surface area contributed by atoms with Gasteiger partial charge >= 0.3 is 0 Å². The Balaban J connectivity index is 0.000000387. The number of rotatable bonds is 10. The minimum atomic E-state index is -0.160. The average molecular weight is 418 g/mol. The lowest BCUT2D eigenvalue weighted by atomic mass is 10.0. The van der Waals surface area contributed by atoms with Crippen molar-refractivity contribution in [1.82, 2.24) is 0 Å². The van der Waals surface area contributed by atoms with E-state index in [1.54, 1.807) is 0 Å². The van der Waals surface area contributed by atoms with Gasteiger partial charge in [0.05, 0.1) is 13.2 Å². The first kappa shape index (κ1) is 25.0. The normalized spacial score (nSPS) is 11.6. The van der Waals surface area contributed by atoms with Gasteiger partial charge in [-0.3, -0.25) is 0 Å². The first-order chi connectivity index (χ1) is 14.1. The minimum Gasteiger partial charge on any atom is -0.396 e. The SMILES string of the molecule is C=Cc1ccc(COCC(CO)CSF)cc1/C=C\C.CNc1ccc(C)cc1. The van der Waals surface area contributed by atoms with Crippen molar-refractivity contribution >= 4 is 30.0 Å². The number of aryl methyl sites for hydroxylation is 1. The molecule has 1 unspecified atom stereocenters. The third kappa shape index (κ3) is 9.79. The number of hydrogen-bond donors (Lipinski definition) is 2. The maximum absolute atomic E-state index is 12.1. The summed E-state index contributed by atoms with van der Waals surface area (Å²) in [4.78, 5) is 0. The van der Waals surface area contributed by atoms with Crippen LogP contribution in [-0.4, -0.2) is 31.1 Å². The second-order valence-corrected chi connectivity index (χ2v) is 7.17. The number of allylic oxidation sites excluding steroid dienone is 1. The van der Waals surface area contributed by atoms with Gasteiger partial charge in [0.1, 0.15) is 0 Å². The molecule has 0 aliphatic heterocycles. The molecule has 0 aliphatic rings. The molecule has 0 spiro atoms. The van der Waals surface area contributed by atoms with E-state index in [0.29, 0.717) is 13.2 Å². The lowest BCUT2D eigenvalue weighted by Crippen LogP contribution is -2.16. The first-order valence-electron chi connectivity index (χ1n) is 9.62. The molecule has 1 atom stereocenters. The van der Waals surface area contributed by atoms with Crippen LogP contribution in [0, 0.1) is 12.8 Å². The summed E-state index contributed by atoms with van der Waals surface area (Å²) >= 11 is 0.234. The highest BCUT2D eigenvalue weighted by atomic mass is 32.2. The smallest absolute Gasteiger partial charge is 0.0717 e. The van der Waals surface area contributed by atoms with Crippen molar-refractivity contribution in [3.63, 3.8) is 0 Å². The number of aliphatic hydroxyl groups is 1. The Labute approximate surface area is 179 Å². The van der Waals surface area contributed by atoms with Crippen molar-refractivity contribution in [3.8, 4) is 0 Å². The van der Waals surface area contributed by atoms with Crippen LogP contribution in [0.4, 0.5) is 9.57 Å². The van der Waals surface area contributed by atoms with Crippen molar-refractivity contribution in [2.45, 2.75) is 20.5 Å². The predicted octanol–water partition coefficient (Wildman–Crippen LogP) is 6.14. The molecule has 0 amide bonds. The maximum atomic E-state index is 12.1. The fourth-order valence-corrected chi connectivity index (χ4v) is 2.91. The summed E-state index contributed by atoms with van der Waals surface area (Å²) in [6, 6.07) is 14.3. The van der Waals surface area contributed by atoms with E-state index in [-0.39, 0.29) is 30.4 Å². The van der Waals surface area contributed by atoms with Gasteiger partial charge < -0.3 is 15.2 Å². The van der Waals surface area contributed by atoms with Crippen molar-refractivity contribution in [2.24, 2.45) is 5.92 Å². The van der Waals surface area contributed by atoms with Crippen molar-refractivity contribution in [3.05, 3.63) is 77.4 Å². The summed E-state index contributed by atoms with van der Waals surface area (Å²) in [6.45, 7) is 8.59. The van der Waals surface area contributed by atoms with Crippen LogP contribution in [0.2, 0.25) is 0 Å². The van der Waals surface area contributed by atoms with E-state index in [2.05, 4.69) is 49.2 Å². The Hall–Kier alpha value is -2.08. The largest absolute Gasteiger partial charge is 0.396 e. The highest BCUT2D eigenvalue weighted by Gasteiger charge is 2.08. The molecular weight excluding hydrogens is 385 g/mol. The number of aliphatic hydroxyl groups excluding tert-OH is 1. The van der Waals surface area contributed by atoms with E-state index >= 15 is 0 Å². The molecule has 2 rings (SSSR count). The third-order valence-electron chi connectivity index (χ3n) is 4.24. The Morgan fingerprint density at radius 1 is 1.21 bits per heavy atom. The summed E-state index contributed by atoms with van der Waals surface area (Å²) in [5, 5.41) is 12.1. The van der Waals surface area contributed by atoms with Gasteiger partial charge in [0.15, 0.2) is 0 Å². The topological polar surface area (TPSA) is 41.5 Å². The Morgan fingerprint density at radius 3 is 2.48 bits per heavy atom. The predicted molar refractivity (Wildman–Crippen MR) is 126 cm³/mol. The molecular formula is C24H32FNO2S. The maximum Gasteiger partial charge on any atom is 0.0717 e. The average Bonchev–Trinajstić information content (AvgIpc) is 2.74. The van der Waals surface area contributed by atoms with Crippen LogP contribution in [0.25, 0.3) is 12.2 Å². The van der Waals surface area contributed by atoms with Crippen LogP contribution in [-0.2, 0) is 11.3 Å².